The van der Waals surface area contributed by atoms with Crippen LogP contribution in [0.4, 0.5) is 11.4 Å². The van der Waals surface area contributed by atoms with Crippen LogP contribution in [0.5, 0.6) is 0 Å². The third kappa shape index (κ3) is 1.44. The smallest absolute Gasteiger partial charge is 0.0793 e. The summed E-state index contributed by atoms with van der Waals surface area (Å²) in [5.74, 6) is 0. The summed E-state index contributed by atoms with van der Waals surface area (Å²) in [7, 11) is 0. The summed E-state index contributed by atoms with van der Waals surface area (Å²) in [5.41, 5.74) is 3.52. The lowest BCUT2D eigenvalue weighted by Gasteiger charge is -1.91. The number of azo groups is 2. The Kier molecular flexibility index (Phi) is 1.85. The van der Waals surface area contributed by atoms with Gasteiger partial charge in [0.15, 0.2) is 0 Å². The van der Waals surface area contributed by atoms with Crippen molar-refractivity contribution in [1.29, 1.82) is 0 Å². The monoisotopic (exact) mass is 195 g/mol. The maximum Gasteiger partial charge on any atom is 0.232 e. The molecule has 15 heavy (non-hydrogen) atoms. The summed E-state index contributed by atoms with van der Waals surface area (Å²) in [6.45, 7) is 0.875. The second kappa shape index (κ2) is 3.31. The second-order valence-corrected chi connectivity index (χ2v) is 3.62. The second-order valence-electron chi connectivity index (χ2n) is 3.62. The van der Waals surface area contributed by atoms with Gasteiger partial charge in [-0.3, -0.25) is 0 Å². The summed E-state index contributed by atoms with van der Waals surface area (Å²) >= 11 is 0. The van der Waals surface area contributed by atoms with Crippen molar-refractivity contribution in [2.45, 2.75) is 6.54 Å². The van der Waals surface area contributed by atoms with Crippen molar-refractivity contribution < 1.29 is 4.70 Å². The highest BCUT2D eigenvalue weighted by Gasteiger charge is 2.22. The van der Waals surface area contributed by atoms with Crippen molar-refractivity contribution in [3.8, 4) is 0 Å². The van der Waals surface area contributed by atoms with Gasteiger partial charge in [0.2, 0.25) is 12.2 Å². The predicted molar refractivity (Wildman–Crippen MR) is 58.6 cm³/mol. The minimum Gasteiger partial charge on any atom is -0.0793 e. The van der Waals surface area contributed by atoms with Crippen molar-refractivity contribution in [1.82, 2.24) is 0 Å². The van der Waals surface area contributed by atoms with Gasteiger partial charge >= 0.3 is 0 Å². The van der Waals surface area contributed by atoms with E-state index in [4.69, 9.17) is 0 Å². The molecule has 1 aliphatic heterocycles. The van der Waals surface area contributed by atoms with Crippen LogP contribution in [-0.2, 0) is 6.54 Å². The van der Waals surface area contributed by atoms with Gasteiger partial charge in [-0.25, -0.2) is 0 Å². The largest absolute Gasteiger partial charge is 0.232 e. The van der Waals surface area contributed by atoms with Crippen LogP contribution < -0.4 is 0 Å². The molecule has 0 radical (unpaired) electrons. The fourth-order valence-electron chi connectivity index (χ4n) is 1.82. The molecule has 0 aromatic heterocycles. The van der Waals surface area contributed by atoms with Crippen molar-refractivity contribution in [3.05, 3.63) is 60.2 Å². The van der Waals surface area contributed by atoms with Gasteiger partial charge in [0.1, 0.15) is 5.69 Å². The first-order valence-electron chi connectivity index (χ1n) is 5.06. The molecule has 0 atom stereocenters. The van der Waals surface area contributed by atoms with Gasteiger partial charge < -0.3 is 0 Å². The Bertz CT molecular complexity index is 515. The standard InChI is InChI=1S/C13H11N2/c1-2-7-12(8-3-1)15-10-11-6-4-5-9-13(11)14-15/h1-9H,10H2/q+1. The third-order valence-electron chi connectivity index (χ3n) is 2.59. The van der Waals surface area contributed by atoms with Crippen LogP contribution in [0.1, 0.15) is 5.56 Å². The van der Waals surface area contributed by atoms with Crippen LogP contribution >= 0.6 is 0 Å². The van der Waals surface area contributed by atoms with Gasteiger partial charge in [-0.2, -0.15) is 0 Å². The molecule has 0 N–H and O–H groups in total. The summed E-state index contributed by atoms with van der Waals surface area (Å²) < 4.78 is 2.03. The number of fused-ring (bicyclic) bond motifs is 1. The minimum absolute atomic E-state index is 0.875. The Hall–Kier alpha value is -1.96. The normalized spacial score (nSPS) is 13.5. The average Bonchev–Trinajstić information content (AvgIpc) is 2.74. The van der Waals surface area contributed by atoms with E-state index in [-0.39, 0.29) is 0 Å². The van der Waals surface area contributed by atoms with Gasteiger partial charge in [0, 0.05) is 17.2 Å². The molecule has 1 heterocycles. The van der Waals surface area contributed by atoms with E-state index in [1.165, 1.54) is 5.56 Å². The zero-order valence-corrected chi connectivity index (χ0v) is 8.30. The molecule has 0 unspecified atom stereocenters. The first-order valence-corrected chi connectivity index (χ1v) is 5.06. The third-order valence-corrected chi connectivity index (χ3v) is 2.59. The molecule has 2 aromatic rings. The highest BCUT2D eigenvalue weighted by Crippen LogP contribution is 2.29. The molecule has 0 spiro atoms. The van der Waals surface area contributed by atoms with Crippen LogP contribution in [0.25, 0.3) is 0 Å². The Morgan fingerprint density at radius 2 is 1.60 bits per heavy atom. The Labute approximate surface area is 88.5 Å². The molecule has 1 aliphatic rings. The zero-order valence-electron chi connectivity index (χ0n) is 8.30. The van der Waals surface area contributed by atoms with Crippen LogP contribution in [0.15, 0.2) is 59.7 Å². The highest BCUT2D eigenvalue weighted by atomic mass is 15.3. The highest BCUT2D eigenvalue weighted by molar-refractivity contribution is 5.46. The van der Waals surface area contributed by atoms with Crippen molar-refractivity contribution in [2.75, 3.05) is 0 Å². The average molecular weight is 195 g/mol. The molecular weight excluding hydrogens is 184 g/mol. The Morgan fingerprint density at radius 1 is 0.867 bits per heavy atom. The van der Waals surface area contributed by atoms with Crippen molar-refractivity contribution >= 4 is 11.4 Å². The molecule has 3 rings (SSSR count). The van der Waals surface area contributed by atoms with Crippen LogP contribution in [-0.4, -0.2) is 4.70 Å². The van der Waals surface area contributed by atoms with E-state index < -0.39 is 0 Å². The fourth-order valence-corrected chi connectivity index (χ4v) is 1.82. The molecule has 2 aromatic carbocycles. The molecule has 2 heteroatoms. The van der Waals surface area contributed by atoms with E-state index in [0.29, 0.717) is 0 Å². The molecule has 0 bridgehead atoms. The van der Waals surface area contributed by atoms with E-state index in [1.54, 1.807) is 0 Å². The maximum atomic E-state index is 4.56. The molecule has 2 nitrogen and oxygen atoms in total. The summed E-state index contributed by atoms with van der Waals surface area (Å²) in [6, 6.07) is 18.5. The van der Waals surface area contributed by atoms with Crippen molar-refractivity contribution in [3.63, 3.8) is 0 Å². The number of para-hydroxylation sites is 1. The lowest BCUT2D eigenvalue weighted by molar-refractivity contribution is -0.517. The molecule has 0 aliphatic carbocycles. The minimum atomic E-state index is 0.875. The lowest BCUT2D eigenvalue weighted by Crippen LogP contribution is -1.95. The first-order chi connectivity index (χ1) is 7.43. The topological polar surface area (TPSA) is 15.4 Å². The van der Waals surface area contributed by atoms with E-state index in [9.17, 15) is 0 Å². The van der Waals surface area contributed by atoms with Gasteiger partial charge in [0.25, 0.3) is 0 Å². The van der Waals surface area contributed by atoms with Gasteiger partial charge in [-0.1, -0.05) is 41.1 Å². The lowest BCUT2D eigenvalue weighted by atomic mass is 10.2. The summed E-state index contributed by atoms with van der Waals surface area (Å²) in [5, 5.41) is 4.56. The zero-order chi connectivity index (χ0) is 10.1. The van der Waals surface area contributed by atoms with Gasteiger partial charge in [-0.05, 0) is 6.07 Å². The molecule has 0 fully saturated rings. The van der Waals surface area contributed by atoms with E-state index in [0.717, 1.165) is 17.9 Å². The van der Waals surface area contributed by atoms with E-state index >= 15 is 0 Å². The SMILES string of the molecule is c1ccc([N+]2=Nc3ccccc3C2)cc1. The van der Waals surface area contributed by atoms with Crippen LogP contribution in [0.3, 0.4) is 0 Å². The first kappa shape index (κ1) is 8.36. The Balaban J connectivity index is 2.02. The molecule has 0 amide bonds. The fraction of sp³-hybridized carbons (Fsp3) is 0.0769. The predicted octanol–water partition coefficient (Wildman–Crippen LogP) is 3.63. The van der Waals surface area contributed by atoms with Crippen LogP contribution in [0.2, 0.25) is 0 Å². The molecule has 72 valence electrons. The Morgan fingerprint density at radius 3 is 2.40 bits per heavy atom. The van der Waals surface area contributed by atoms with E-state index in [1.807, 2.05) is 29.0 Å². The number of benzene rings is 2. The van der Waals surface area contributed by atoms with Crippen LogP contribution in [0, 0.1) is 0 Å². The van der Waals surface area contributed by atoms with E-state index in [2.05, 4.69) is 35.4 Å². The van der Waals surface area contributed by atoms with Gasteiger partial charge in [0.05, 0.1) is 5.56 Å². The molecular formula is C13H11N2+. The van der Waals surface area contributed by atoms with Crippen molar-refractivity contribution in [2.24, 2.45) is 5.11 Å². The number of nitrogens with zero attached hydrogens (tertiary/aromatic N) is 2. The number of rotatable bonds is 1. The van der Waals surface area contributed by atoms with Gasteiger partial charge in [-0.15, -0.1) is 0 Å². The number of hydrogen-bond donors (Lipinski definition) is 0. The number of hydrogen-bond acceptors (Lipinski definition) is 1. The molecule has 0 saturated carbocycles. The molecule has 0 saturated heterocycles. The summed E-state index contributed by atoms with van der Waals surface area (Å²) in [4.78, 5) is 0. The maximum absolute atomic E-state index is 4.56. The summed E-state index contributed by atoms with van der Waals surface area (Å²) in [6.07, 6.45) is 0. The quantitative estimate of drug-likeness (QED) is 0.617.